The summed E-state index contributed by atoms with van der Waals surface area (Å²) >= 11 is 0.830. The topological polar surface area (TPSA) is 133 Å². The van der Waals surface area contributed by atoms with E-state index in [2.05, 4.69) is 0 Å². The van der Waals surface area contributed by atoms with Crippen molar-refractivity contribution in [3.8, 4) is 5.75 Å². The van der Waals surface area contributed by atoms with Crippen molar-refractivity contribution >= 4 is 40.4 Å². The Morgan fingerprint density at radius 1 is 0.800 bits per heavy atom. The van der Waals surface area contributed by atoms with Crippen LogP contribution < -0.4 is 4.74 Å². The van der Waals surface area contributed by atoms with Gasteiger partial charge in [0.15, 0.2) is 0 Å². The zero-order valence-corrected chi connectivity index (χ0v) is 18.8. The number of non-ortho nitro benzene ring substituents is 2. The largest absolute Gasteiger partial charge is 0.489 e. The molecule has 176 valence electrons. The van der Waals surface area contributed by atoms with E-state index in [4.69, 9.17) is 4.74 Å². The Hall–Kier alpha value is -4.51. The maximum atomic E-state index is 12.7. The third kappa shape index (κ3) is 5.71. The van der Waals surface area contributed by atoms with E-state index in [0.29, 0.717) is 16.9 Å². The summed E-state index contributed by atoms with van der Waals surface area (Å²) < 4.78 is 5.69. The van der Waals surface area contributed by atoms with Gasteiger partial charge in [-0.1, -0.05) is 24.3 Å². The number of nitro benzene ring substituents is 2. The molecule has 3 aromatic rings. The lowest BCUT2D eigenvalue weighted by Gasteiger charge is -2.12. The molecule has 35 heavy (non-hydrogen) atoms. The third-order valence-corrected chi connectivity index (χ3v) is 6.00. The summed E-state index contributed by atoms with van der Waals surface area (Å²) in [7, 11) is 0. The molecular formula is C24H17N3O7S. The smallest absolute Gasteiger partial charge is 0.293 e. The Balaban J connectivity index is 1.37. The first kappa shape index (κ1) is 23.6. The lowest BCUT2D eigenvalue weighted by atomic mass is 10.2. The van der Waals surface area contributed by atoms with Crippen LogP contribution in [0.3, 0.4) is 0 Å². The van der Waals surface area contributed by atoms with Gasteiger partial charge in [0.05, 0.1) is 21.3 Å². The van der Waals surface area contributed by atoms with Crippen LogP contribution in [0.4, 0.5) is 16.2 Å². The zero-order chi connectivity index (χ0) is 24.9. The summed E-state index contributed by atoms with van der Waals surface area (Å²) in [6.45, 7) is 0.258. The van der Waals surface area contributed by atoms with Crippen LogP contribution in [-0.2, 0) is 17.9 Å². The molecule has 0 N–H and O–H groups in total. The lowest BCUT2D eigenvalue weighted by Crippen LogP contribution is -2.27. The molecule has 0 atom stereocenters. The van der Waals surface area contributed by atoms with Crippen LogP contribution in [0.5, 0.6) is 5.75 Å². The summed E-state index contributed by atoms with van der Waals surface area (Å²) in [4.78, 5) is 47.0. The Bertz CT molecular complexity index is 1320. The Morgan fingerprint density at radius 2 is 1.34 bits per heavy atom. The van der Waals surface area contributed by atoms with E-state index in [0.717, 1.165) is 22.2 Å². The van der Waals surface area contributed by atoms with Crippen molar-refractivity contribution in [2.75, 3.05) is 0 Å². The van der Waals surface area contributed by atoms with Crippen LogP contribution in [-0.4, -0.2) is 25.9 Å². The highest BCUT2D eigenvalue weighted by Crippen LogP contribution is 2.33. The van der Waals surface area contributed by atoms with E-state index in [1.165, 1.54) is 36.4 Å². The van der Waals surface area contributed by atoms with Crippen LogP contribution >= 0.6 is 11.8 Å². The van der Waals surface area contributed by atoms with Gasteiger partial charge in [0.1, 0.15) is 12.4 Å². The SMILES string of the molecule is O=C1S/C(=C\c2ccc(OCc3ccc([N+](=O)[O-])cc3)cc2)C(=O)N1Cc1ccc([N+](=O)[O-])cc1. The second kappa shape index (κ2) is 10.2. The molecule has 3 aromatic carbocycles. The average Bonchev–Trinajstić information content (AvgIpc) is 3.11. The number of carbonyl (C=O) groups is 2. The van der Waals surface area contributed by atoms with E-state index in [1.807, 2.05) is 0 Å². The highest BCUT2D eigenvalue weighted by molar-refractivity contribution is 8.18. The number of carbonyl (C=O) groups excluding carboxylic acids is 2. The molecule has 0 saturated carbocycles. The third-order valence-electron chi connectivity index (χ3n) is 5.09. The fraction of sp³-hybridized carbons (Fsp3) is 0.0833. The molecule has 1 heterocycles. The van der Waals surface area contributed by atoms with Gasteiger partial charge < -0.3 is 4.74 Å². The van der Waals surface area contributed by atoms with Gasteiger partial charge in [0, 0.05) is 24.3 Å². The summed E-state index contributed by atoms with van der Waals surface area (Å²) in [6, 6.07) is 18.7. The first-order valence-electron chi connectivity index (χ1n) is 10.2. The summed E-state index contributed by atoms with van der Waals surface area (Å²) in [5, 5.41) is 21.1. The van der Waals surface area contributed by atoms with Gasteiger partial charge >= 0.3 is 0 Å². The molecule has 1 aliphatic rings. The number of thioether (sulfide) groups is 1. The number of benzene rings is 3. The fourth-order valence-corrected chi connectivity index (χ4v) is 4.07. The standard InChI is InChI=1S/C24H17N3O7S/c28-23-22(35-24(29)25(23)14-17-1-7-19(8-2-17)26(30)31)13-16-5-11-21(12-6-16)34-15-18-3-9-20(10-4-18)27(32)33/h1-13H,14-15H2/b22-13-. The molecule has 1 fully saturated rings. The molecule has 0 radical (unpaired) electrons. The van der Waals surface area contributed by atoms with E-state index in [-0.39, 0.29) is 29.4 Å². The molecule has 0 bridgehead atoms. The first-order valence-corrected chi connectivity index (χ1v) is 11.1. The summed E-state index contributed by atoms with van der Waals surface area (Å²) in [5.74, 6) is 0.142. The molecular weight excluding hydrogens is 474 g/mol. The number of imide groups is 1. The maximum absolute atomic E-state index is 12.7. The van der Waals surface area contributed by atoms with Crippen LogP contribution in [0.1, 0.15) is 16.7 Å². The van der Waals surface area contributed by atoms with Gasteiger partial charge in [-0.2, -0.15) is 0 Å². The van der Waals surface area contributed by atoms with Gasteiger partial charge in [-0.05, 0) is 58.8 Å². The van der Waals surface area contributed by atoms with Crippen molar-refractivity contribution in [1.29, 1.82) is 0 Å². The van der Waals surface area contributed by atoms with Crippen molar-refractivity contribution in [2.45, 2.75) is 13.2 Å². The molecule has 1 aliphatic heterocycles. The van der Waals surface area contributed by atoms with Crippen LogP contribution in [0.2, 0.25) is 0 Å². The van der Waals surface area contributed by atoms with Crippen LogP contribution in [0, 0.1) is 20.2 Å². The fourth-order valence-electron chi connectivity index (χ4n) is 3.23. The maximum Gasteiger partial charge on any atom is 0.293 e. The number of ether oxygens (including phenoxy) is 1. The first-order chi connectivity index (χ1) is 16.8. The zero-order valence-electron chi connectivity index (χ0n) is 18.0. The molecule has 0 unspecified atom stereocenters. The molecule has 0 aliphatic carbocycles. The van der Waals surface area contributed by atoms with Gasteiger partial charge in [-0.3, -0.25) is 34.7 Å². The Labute approximate surface area is 203 Å². The lowest BCUT2D eigenvalue weighted by molar-refractivity contribution is -0.385. The van der Waals surface area contributed by atoms with Crippen molar-refractivity contribution < 1.29 is 24.2 Å². The number of nitro groups is 2. The van der Waals surface area contributed by atoms with E-state index >= 15 is 0 Å². The van der Waals surface area contributed by atoms with E-state index in [9.17, 15) is 29.8 Å². The Kier molecular flexibility index (Phi) is 6.88. The quantitative estimate of drug-likeness (QED) is 0.235. The molecule has 1 saturated heterocycles. The minimum Gasteiger partial charge on any atom is -0.489 e. The van der Waals surface area contributed by atoms with Crippen molar-refractivity contribution in [2.24, 2.45) is 0 Å². The van der Waals surface area contributed by atoms with E-state index in [1.54, 1.807) is 42.5 Å². The molecule has 0 spiro atoms. The van der Waals surface area contributed by atoms with Crippen molar-refractivity contribution in [3.05, 3.63) is 115 Å². The normalized spacial score (nSPS) is 14.4. The van der Waals surface area contributed by atoms with Crippen LogP contribution in [0.25, 0.3) is 6.08 Å². The minimum atomic E-state index is -0.515. The second-order valence-corrected chi connectivity index (χ2v) is 8.47. The summed E-state index contributed by atoms with van der Waals surface area (Å²) in [5.41, 5.74) is 2.03. The molecule has 11 heteroatoms. The monoisotopic (exact) mass is 491 g/mol. The average molecular weight is 491 g/mol. The van der Waals surface area contributed by atoms with Crippen molar-refractivity contribution in [1.82, 2.24) is 4.90 Å². The number of hydrogen-bond acceptors (Lipinski definition) is 8. The molecule has 4 rings (SSSR count). The number of hydrogen-bond donors (Lipinski definition) is 0. The number of amides is 2. The van der Waals surface area contributed by atoms with Gasteiger partial charge in [-0.15, -0.1) is 0 Å². The summed E-state index contributed by atoms with van der Waals surface area (Å²) in [6.07, 6.45) is 1.61. The number of rotatable bonds is 8. The molecule has 2 amide bonds. The van der Waals surface area contributed by atoms with Crippen LogP contribution in [0.15, 0.2) is 77.7 Å². The second-order valence-electron chi connectivity index (χ2n) is 7.47. The molecule has 0 aromatic heterocycles. The van der Waals surface area contributed by atoms with Gasteiger partial charge in [0.25, 0.3) is 22.5 Å². The minimum absolute atomic E-state index is 0.00950. The van der Waals surface area contributed by atoms with Gasteiger partial charge in [0.2, 0.25) is 0 Å². The molecule has 10 nitrogen and oxygen atoms in total. The predicted octanol–water partition coefficient (Wildman–Crippen LogP) is 5.32. The van der Waals surface area contributed by atoms with Gasteiger partial charge in [-0.25, -0.2) is 0 Å². The highest BCUT2D eigenvalue weighted by Gasteiger charge is 2.35. The Morgan fingerprint density at radius 3 is 1.89 bits per heavy atom. The van der Waals surface area contributed by atoms with E-state index < -0.39 is 21.0 Å². The number of nitrogens with zero attached hydrogens (tertiary/aromatic N) is 3. The predicted molar refractivity (Wildman–Crippen MR) is 128 cm³/mol. The van der Waals surface area contributed by atoms with Crippen molar-refractivity contribution in [3.63, 3.8) is 0 Å². The highest BCUT2D eigenvalue weighted by atomic mass is 32.2.